The van der Waals surface area contributed by atoms with Crippen molar-refractivity contribution in [3.63, 3.8) is 0 Å². The first-order chi connectivity index (χ1) is 12.5. The number of rotatable bonds is 3. The van der Waals surface area contributed by atoms with Gasteiger partial charge in [0.25, 0.3) is 11.8 Å². The molecular formula is C19H21FN4O2. The molecule has 2 amide bonds. The Morgan fingerprint density at radius 2 is 1.85 bits per heavy atom. The fourth-order valence-corrected chi connectivity index (χ4v) is 4.16. The van der Waals surface area contributed by atoms with Crippen molar-refractivity contribution in [2.45, 2.75) is 50.7 Å². The molecule has 2 unspecified atom stereocenters. The highest BCUT2D eigenvalue weighted by Gasteiger charge is 2.44. The van der Waals surface area contributed by atoms with Gasteiger partial charge in [-0.1, -0.05) is 0 Å². The van der Waals surface area contributed by atoms with E-state index in [1.807, 2.05) is 11.8 Å². The summed E-state index contributed by atoms with van der Waals surface area (Å²) in [5, 5.41) is 9.94. The van der Waals surface area contributed by atoms with Crippen molar-refractivity contribution in [1.82, 2.24) is 20.4 Å². The summed E-state index contributed by atoms with van der Waals surface area (Å²) in [6, 6.07) is 7.57. The molecule has 26 heavy (non-hydrogen) atoms. The number of nitrogens with zero attached hydrogens (tertiary/aromatic N) is 2. The van der Waals surface area contributed by atoms with E-state index in [2.05, 4.69) is 15.5 Å². The quantitative estimate of drug-likeness (QED) is 0.887. The van der Waals surface area contributed by atoms with Gasteiger partial charge in [-0.3, -0.25) is 14.7 Å². The van der Waals surface area contributed by atoms with Crippen LogP contribution in [0.3, 0.4) is 0 Å². The Kier molecular flexibility index (Phi) is 4.22. The number of H-pyrrole nitrogens is 1. The third-order valence-electron chi connectivity index (χ3n) is 5.33. The molecule has 4 rings (SSSR count). The van der Waals surface area contributed by atoms with Gasteiger partial charge in [0.1, 0.15) is 11.5 Å². The van der Waals surface area contributed by atoms with Gasteiger partial charge >= 0.3 is 0 Å². The van der Waals surface area contributed by atoms with Gasteiger partial charge in [-0.25, -0.2) is 4.39 Å². The normalized spacial score (nSPS) is 24.5. The molecule has 0 saturated carbocycles. The summed E-state index contributed by atoms with van der Waals surface area (Å²) in [5.41, 5.74) is 1.76. The first-order valence-electron chi connectivity index (χ1n) is 8.92. The lowest BCUT2D eigenvalue weighted by molar-refractivity contribution is 0.0543. The first-order valence-corrected chi connectivity index (χ1v) is 8.92. The van der Waals surface area contributed by atoms with Gasteiger partial charge < -0.3 is 10.2 Å². The molecule has 3 heterocycles. The van der Waals surface area contributed by atoms with Crippen molar-refractivity contribution in [3.8, 4) is 0 Å². The van der Waals surface area contributed by atoms with E-state index in [0.29, 0.717) is 11.3 Å². The SMILES string of the molecule is Cc1cc(C(=O)N2C3CCC2CC(NC(=O)c2ccc(F)cc2)C3)n[nH]1. The Balaban J connectivity index is 1.42. The van der Waals surface area contributed by atoms with E-state index < -0.39 is 0 Å². The number of nitrogens with one attached hydrogen (secondary N) is 2. The highest BCUT2D eigenvalue weighted by molar-refractivity contribution is 5.95. The van der Waals surface area contributed by atoms with Crippen LogP contribution in [0.4, 0.5) is 4.39 Å². The lowest BCUT2D eigenvalue weighted by atomic mass is 9.96. The highest BCUT2D eigenvalue weighted by Crippen LogP contribution is 2.36. The standard InChI is InChI=1S/C19H21FN4O2/c1-11-8-17(23-22-11)19(26)24-15-6-7-16(24)10-14(9-15)21-18(25)12-2-4-13(20)5-3-12/h2-5,8,14-16H,6-7,9-10H2,1H3,(H,21,25)(H,22,23). The lowest BCUT2D eigenvalue weighted by Crippen LogP contribution is -2.52. The Morgan fingerprint density at radius 1 is 1.19 bits per heavy atom. The third kappa shape index (κ3) is 3.09. The number of carbonyl (C=O) groups is 2. The van der Waals surface area contributed by atoms with Crippen molar-refractivity contribution in [3.05, 3.63) is 53.1 Å². The molecule has 0 radical (unpaired) electrons. The number of halogens is 1. The summed E-state index contributed by atoms with van der Waals surface area (Å²) in [4.78, 5) is 27.1. The summed E-state index contributed by atoms with van der Waals surface area (Å²) in [7, 11) is 0. The average Bonchev–Trinajstić information content (AvgIpc) is 3.16. The second-order valence-corrected chi connectivity index (χ2v) is 7.18. The second kappa shape index (κ2) is 6.55. The van der Waals surface area contributed by atoms with Gasteiger partial charge in [0.05, 0.1) is 0 Å². The van der Waals surface area contributed by atoms with Gasteiger partial charge in [0.2, 0.25) is 0 Å². The number of fused-ring (bicyclic) bond motifs is 2. The largest absolute Gasteiger partial charge is 0.349 e. The lowest BCUT2D eigenvalue weighted by Gasteiger charge is -2.38. The van der Waals surface area contributed by atoms with E-state index in [-0.39, 0.29) is 35.8 Å². The smallest absolute Gasteiger partial charge is 0.274 e. The molecular weight excluding hydrogens is 335 g/mol. The highest BCUT2D eigenvalue weighted by atomic mass is 19.1. The summed E-state index contributed by atoms with van der Waals surface area (Å²) in [5.74, 6) is -0.595. The summed E-state index contributed by atoms with van der Waals surface area (Å²) >= 11 is 0. The minimum absolute atomic E-state index is 0.0232. The maximum Gasteiger partial charge on any atom is 0.274 e. The molecule has 2 aliphatic rings. The van der Waals surface area contributed by atoms with Crippen molar-refractivity contribution in [1.29, 1.82) is 0 Å². The zero-order valence-corrected chi connectivity index (χ0v) is 14.5. The van der Waals surface area contributed by atoms with Crippen LogP contribution in [0.5, 0.6) is 0 Å². The summed E-state index contributed by atoms with van der Waals surface area (Å²) in [6.45, 7) is 1.87. The first kappa shape index (κ1) is 16.8. The van der Waals surface area contributed by atoms with Gasteiger partial charge in [-0.05, 0) is 62.9 Å². The van der Waals surface area contributed by atoms with Crippen LogP contribution in [0.2, 0.25) is 0 Å². The number of benzene rings is 1. The monoisotopic (exact) mass is 356 g/mol. The maximum atomic E-state index is 13.0. The minimum Gasteiger partial charge on any atom is -0.349 e. The van der Waals surface area contributed by atoms with E-state index in [9.17, 15) is 14.0 Å². The predicted octanol–water partition coefficient (Wildman–Crippen LogP) is 2.42. The molecule has 2 fully saturated rings. The Labute approximate surface area is 150 Å². The van der Waals surface area contributed by atoms with Crippen molar-refractivity contribution >= 4 is 11.8 Å². The molecule has 2 N–H and O–H groups in total. The van der Waals surface area contributed by atoms with E-state index in [4.69, 9.17) is 0 Å². The number of aromatic amines is 1. The molecule has 1 aromatic heterocycles. The Morgan fingerprint density at radius 3 is 2.42 bits per heavy atom. The van der Waals surface area contributed by atoms with Crippen LogP contribution in [0.1, 0.15) is 52.2 Å². The predicted molar refractivity (Wildman–Crippen MR) is 93.2 cm³/mol. The number of aryl methyl sites for hydroxylation is 1. The van der Waals surface area contributed by atoms with Crippen LogP contribution < -0.4 is 5.32 Å². The fraction of sp³-hybridized carbons (Fsp3) is 0.421. The van der Waals surface area contributed by atoms with E-state index in [1.54, 1.807) is 6.07 Å². The van der Waals surface area contributed by atoms with Gasteiger partial charge in [-0.15, -0.1) is 0 Å². The minimum atomic E-state index is -0.361. The van der Waals surface area contributed by atoms with E-state index in [1.165, 1.54) is 24.3 Å². The van der Waals surface area contributed by atoms with Crippen LogP contribution in [-0.2, 0) is 0 Å². The van der Waals surface area contributed by atoms with Crippen LogP contribution in [0, 0.1) is 12.7 Å². The van der Waals surface area contributed by atoms with Gasteiger partial charge in [0.15, 0.2) is 0 Å². The number of hydrogen-bond acceptors (Lipinski definition) is 3. The molecule has 0 aliphatic carbocycles. The summed E-state index contributed by atoms with van der Waals surface area (Å²) in [6.07, 6.45) is 3.36. The topological polar surface area (TPSA) is 78.1 Å². The molecule has 2 bridgehead atoms. The number of amides is 2. The van der Waals surface area contributed by atoms with Crippen LogP contribution in [0.15, 0.2) is 30.3 Å². The summed E-state index contributed by atoms with van der Waals surface area (Å²) < 4.78 is 13.0. The van der Waals surface area contributed by atoms with Crippen LogP contribution >= 0.6 is 0 Å². The van der Waals surface area contributed by atoms with Crippen LogP contribution in [0.25, 0.3) is 0 Å². The van der Waals surface area contributed by atoms with Gasteiger partial charge in [0, 0.05) is 29.4 Å². The zero-order valence-electron chi connectivity index (χ0n) is 14.5. The third-order valence-corrected chi connectivity index (χ3v) is 5.33. The molecule has 2 saturated heterocycles. The van der Waals surface area contributed by atoms with Crippen LogP contribution in [-0.4, -0.2) is 45.0 Å². The van der Waals surface area contributed by atoms with Crippen molar-refractivity contribution in [2.24, 2.45) is 0 Å². The molecule has 6 nitrogen and oxygen atoms in total. The molecule has 2 aromatic rings. The Bertz CT molecular complexity index is 818. The van der Waals surface area contributed by atoms with E-state index in [0.717, 1.165) is 31.4 Å². The Hall–Kier alpha value is -2.70. The van der Waals surface area contributed by atoms with Crippen molar-refractivity contribution < 1.29 is 14.0 Å². The molecule has 7 heteroatoms. The second-order valence-electron chi connectivity index (χ2n) is 7.18. The number of aromatic nitrogens is 2. The molecule has 1 aromatic carbocycles. The number of hydrogen-bond donors (Lipinski definition) is 2. The molecule has 136 valence electrons. The molecule has 0 spiro atoms. The van der Waals surface area contributed by atoms with Gasteiger partial charge in [-0.2, -0.15) is 5.10 Å². The number of carbonyl (C=O) groups excluding carboxylic acids is 2. The molecule has 2 atom stereocenters. The van der Waals surface area contributed by atoms with Crippen molar-refractivity contribution in [2.75, 3.05) is 0 Å². The average molecular weight is 356 g/mol. The molecule has 2 aliphatic heterocycles. The maximum absolute atomic E-state index is 13.0. The van der Waals surface area contributed by atoms with E-state index >= 15 is 0 Å². The number of piperidine rings is 1. The zero-order chi connectivity index (χ0) is 18.3. The fourth-order valence-electron chi connectivity index (χ4n) is 4.16.